The van der Waals surface area contributed by atoms with Crippen molar-refractivity contribution in [1.82, 2.24) is 0 Å². The number of hydrogen-bond acceptors (Lipinski definition) is 9. The van der Waals surface area contributed by atoms with Gasteiger partial charge in [-0.25, -0.2) is 9.59 Å². The van der Waals surface area contributed by atoms with Crippen molar-refractivity contribution in [2.45, 2.75) is 39.0 Å². The average molecular weight is 726 g/mol. The summed E-state index contributed by atoms with van der Waals surface area (Å²) in [6, 6.07) is 20.8. The van der Waals surface area contributed by atoms with Gasteiger partial charge in [-0.2, -0.15) is 13.2 Å². The zero-order valence-electron chi connectivity index (χ0n) is 28.9. The van der Waals surface area contributed by atoms with Gasteiger partial charge in [-0.1, -0.05) is 85.8 Å². The van der Waals surface area contributed by atoms with E-state index in [-0.39, 0.29) is 40.0 Å². The second-order valence-electron chi connectivity index (χ2n) is 12.2. The number of alkyl halides is 3. The molecule has 9 nitrogen and oxygen atoms in total. The number of ether oxygens (including phenoxy) is 3. The number of Topliss-reactive ketones (excluding diaryl/α,β-unsaturated/α-hetero) is 2. The van der Waals surface area contributed by atoms with E-state index in [4.69, 9.17) is 19.6 Å². The number of benzene rings is 4. The van der Waals surface area contributed by atoms with E-state index in [9.17, 15) is 37.1 Å². The summed E-state index contributed by atoms with van der Waals surface area (Å²) in [5.41, 5.74) is -2.21. The lowest BCUT2D eigenvalue weighted by Gasteiger charge is -2.26. The highest BCUT2D eigenvalue weighted by Gasteiger charge is 2.54. The molecule has 5 rings (SSSR count). The number of allylic oxidation sites excluding steroid dienone is 2. The van der Waals surface area contributed by atoms with Gasteiger partial charge in [0, 0.05) is 28.2 Å². The minimum atomic E-state index is -4.55. The highest BCUT2D eigenvalue weighted by molar-refractivity contribution is 6.52. The first-order chi connectivity index (χ1) is 25.2. The van der Waals surface area contributed by atoms with Crippen LogP contribution in [0.5, 0.6) is 0 Å². The van der Waals surface area contributed by atoms with Crippen molar-refractivity contribution in [2.24, 2.45) is 5.92 Å². The molecule has 0 saturated carbocycles. The van der Waals surface area contributed by atoms with E-state index in [1.165, 1.54) is 48.5 Å². The van der Waals surface area contributed by atoms with E-state index in [1.807, 2.05) is 0 Å². The van der Waals surface area contributed by atoms with Crippen LogP contribution in [0.2, 0.25) is 0 Å². The molecule has 2 unspecified atom stereocenters. The highest BCUT2D eigenvalue weighted by Crippen LogP contribution is 2.38. The van der Waals surface area contributed by atoms with Gasteiger partial charge >= 0.3 is 24.1 Å². The molecule has 1 aliphatic heterocycles. The summed E-state index contributed by atoms with van der Waals surface area (Å²) in [6.45, 7) is 4.23. The van der Waals surface area contributed by atoms with Gasteiger partial charge < -0.3 is 14.2 Å². The zero-order valence-corrected chi connectivity index (χ0v) is 28.9. The molecule has 0 spiro atoms. The van der Waals surface area contributed by atoms with Gasteiger partial charge in [0.15, 0.2) is 5.78 Å². The first-order valence-electron chi connectivity index (χ1n) is 16.6. The predicted octanol–water partition coefficient (Wildman–Crippen LogP) is 7.73. The van der Waals surface area contributed by atoms with Crippen LogP contribution in [0, 0.1) is 11.3 Å². The van der Waals surface area contributed by atoms with E-state index in [1.54, 1.807) is 63.3 Å². The zero-order chi connectivity index (χ0) is 38.5. The number of carbonyl (C=O) groups is 5. The van der Waals surface area contributed by atoms with E-state index in [0.717, 1.165) is 12.1 Å². The standard InChI is InChI=1S/C41H34F3NO8/c1-4-10-24(3)36(47)32-21-25(22-34(46)52-23-40(39(50)51-5-2)33-14-9-8-13-31(33)38(49)53-40)15-20-29(32)35(45)37(48)30-12-7-6-11-28(30)26-16-18-27(19-17-26)41(42,43)44/h4,6-21,24,45H,5,22-23H2,1-3H3/b10-4+,45-35?. The number of esters is 3. The fraction of sp³-hybridized carbons (Fsp3) is 0.220. The van der Waals surface area contributed by atoms with Gasteiger partial charge in [-0.05, 0) is 54.8 Å². The van der Waals surface area contributed by atoms with E-state index < -0.39 is 71.5 Å². The summed E-state index contributed by atoms with van der Waals surface area (Å²) in [4.78, 5) is 66.5. The Hall–Kier alpha value is -6.17. The number of nitrogens with one attached hydrogen (secondary N) is 1. The molecular weight excluding hydrogens is 691 g/mol. The number of halogens is 3. The monoisotopic (exact) mass is 725 g/mol. The Morgan fingerprint density at radius 1 is 0.868 bits per heavy atom. The molecular formula is C41H34F3NO8. The Balaban J connectivity index is 1.43. The molecule has 0 fully saturated rings. The smallest absolute Gasteiger partial charge is 0.416 e. The van der Waals surface area contributed by atoms with E-state index in [2.05, 4.69) is 0 Å². The molecule has 4 aromatic rings. The SMILES string of the molecule is C/C=C/C(C)C(=O)c1cc(CC(=O)OCC2(C(=O)OCC)OC(=O)c3ccccc32)ccc1C(=N)C(=O)c1ccccc1-c1ccc(C(F)(F)F)cc1. The van der Waals surface area contributed by atoms with Crippen molar-refractivity contribution < 1.29 is 51.4 Å². The maximum absolute atomic E-state index is 13.9. The molecule has 12 heteroatoms. The van der Waals surface area contributed by atoms with Crippen LogP contribution < -0.4 is 0 Å². The van der Waals surface area contributed by atoms with Crippen molar-refractivity contribution >= 4 is 35.2 Å². The van der Waals surface area contributed by atoms with Gasteiger partial charge in [-0.15, -0.1) is 0 Å². The third kappa shape index (κ3) is 7.86. The highest BCUT2D eigenvalue weighted by atomic mass is 19.4. The minimum Gasteiger partial charge on any atom is -0.463 e. The first-order valence-corrected chi connectivity index (χ1v) is 16.6. The lowest BCUT2D eigenvalue weighted by molar-refractivity contribution is -0.175. The second kappa shape index (κ2) is 15.6. The lowest BCUT2D eigenvalue weighted by Crippen LogP contribution is -2.43. The molecule has 1 aliphatic rings. The molecule has 1 N–H and O–H groups in total. The number of rotatable bonds is 13. The van der Waals surface area contributed by atoms with Crippen molar-refractivity contribution in [2.75, 3.05) is 13.2 Å². The average Bonchev–Trinajstić information content (AvgIpc) is 3.45. The van der Waals surface area contributed by atoms with Gasteiger partial charge in [0.1, 0.15) is 12.3 Å². The Morgan fingerprint density at radius 2 is 1.53 bits per heavy atom. The quantitative estimate of drug-likeness (QED) is 0.0486. The number of fused-ring (bicyclic) bond motifs is 1. The summed E-state index contributed by atoms with van der Waals surface area (Å²) in [5.74, 6) is -4.43. The summed E-state index contributed by atoms with van der Waals surface area (Å²) in [5, 5.41) is 8.93. The number of hydrogen-bond donors (Lipinski definition) is 1. The van der Waals surface area contributed by atoms with E-state index >= 15 is 0 Å². The Labute approximate surface area is 302 Å². The predicted molar refractivity (Wildman–Crippen MR) is 188 cm³/mol. The normalized spacial score (nSPS) is 15.7. The maximum atomic E-state index is 13.9. The van der Waals surface area contributed by atoms with Gasteiger partial charge in [-0.3, -0.25) is 19.8 Å². The van der Waals surface area contributed by atoms with Crippen LogP contribution in [0.4, 0.5) is 13.2 Å². The fourth-order valence-corrected chi connectivity index (χ4v) is 6.02. The van der Waals surface area contributed by atoms with Gasteiger partial charge in [0.05, 0.1) is 24.2 Å². The topological polar surface area (TPSA) is 137 Å². The van der Waals surface area contributed by atoms with Crippen LogP contribution >= 0.6 is 0 Å². The van der Waals surface area contributed by atoms with Crippen LogP contribution in [0.25, 0.3) is 11.1 Å². The van der Waals surface area contributed by atoms with Crippen LogP contribution in [-0.4, -0.2) is 48.4 Å². The largest absolute Gasteiger partial charge is 0.463 e. The molecule has 0 aromatic heterocycles. The minimum absolute atomic E-state index is 0.0205. The number of ketones is 2. The number of carbonyl (C=O) groups excluding carboxylic acids is 5. The summed E-state index contributed by atoms with van der Waals surface area (Å²) < 4.78 is 55.7. The second-order valence-corrected chi connectivity index (χ2v) is 12.2. The lowest BCUT2D eigenvalue weighted by atomic mass is 9.87. The van der Waals surface area contributed by atoms with E-state index in [0.29, 0.717) is 11.1 Å². The molecule has 4 aromatic carbocycles. The molecule has 0 saturated heterocycles. The summed E-state index contributed by atoms with van der Waals surface area (Å²) >= 11 is 0. The van der Waals surface area contributed by atoms with Crippen molar-refractivity contribution in [3.63, 3.8) is 0 Å². The molecule has 53 heavy (non-hydrogen) atoms. The Morgan fingerprint density at radius 3 is 2.19 bits per heavy atom. The molecule has 0 radical (unpaired) electrons. The van der Waals surface area contributed by atoms with Crippen LogP contribution in [-0.2, 0) is 42.0 Å². The van der Waals surface area contributed by atoms with Gasteiger partial charge in [0.2, 0.25) is 5.78 Å². The number of cyclic esters (lactones) is 1. The Bertz CT molecular complexity index is 2140. The maximum Gasteiger partial charge on any atom is 0.416 e. The first kappa shape index (κ1) is 38.1. The summed E-state index contributed by atoms with van der Waals surface area (Å²) in [7, 11) is 0. The Kier molecular flexibility index (Phi) is 11.2. The van der Waals surface area contributed by atoms with Crippen LogP contribution in [0.1, 0.15) is 74.1 Å². The van der Waals surface area contributed by atoms with Crippen LogP contribution in [0.15, 0.2) is 103 Å². The molecule has 0 amide bonds. The van der Waals surface area contributed by atoms with Crippen molar-refractivity contribution in [3.05, 3.63) is 142 Å². The molecule has 1 heterocycles. The molecule has 272 valence electrons. The molecule has 0 bridgehead atoms. The van der Waals surface area contributed by atoms with Crippen LogP contribution in [0.3, 0.4) is 0 Å². The van der Waals surface area contributed by atoms with Gasteiger partial charge in [0.25, 0.3) is 5.60 Å². The third-order valence-electron chi connectivity index (χ3n) is 8.67. The fourth-order valence-electron chi connectivity index (χ4n) is 6.02. The summed E-state index contributed by atoms with van der Waals surface area (Å²) in [6.07, 6.45) is -1.64. The molecule has 0 aliphatic carbocycles. The third-order valence-corrected chi connectivity index (χ3v) is 8.67. The van der Waals surface area contributed by atoms with Crippen molar-refractivity contribution in [3.8, 4) is 11.1 Å². The molecule has 2 atom stereocenters. The van der Waals surface area contributed by atoms with Crippen molar-refractivity contribution in [1.29, 1.82) is 5.41 Å².